The van der Waals surface area contributed by atoms with Gasteiger partial charge in [0.15, 0.2) is 0 Å². The predicted octanol–water partition coefficient (Wildman–Crippen LogP) is 9.97. The number of nitrogen functional groups attached to an aromatic ring is 1. The molecule has 6 rings (SSSR count). The van der Waals surface area contributed by atoms with E-state index in [0.29, 0.717) is 12.4 Å². The Morgan fingerprint density at radius 3 is 1.57 bits per heavy atom. The number of hydrogen-bond acceptors (Lipinski definition) is 6. The van der Waals surface area contributed by atoms with E-state index < -0.39 is 0 Å². The van der Waals surface area contributed by atoms with Gasteiger partial charge >= 0.3 is 0 Å². The van der Waals surface area contributed by atoms with Crippen LogP contribution in [-0.2, 0) is 23.0 Å². The van der Waals surface area contributed by atoms with Crippen molar-refractivity contribution in [3.8, 4) is 22.3 Å². The number of anilines is 1. The van der Waals surface area contributed by atoms with Gasteiger partial charge in [-0.05, 0) is 146 Å². The second-order valence-corrected chi connectivity index (χ2v) is 17.6. The average Bonchev–Trinajstić information content (AvgIpc) is 3.12. The van der Waals surface area contributed by atoms with Crippen molar-refractivity contribution in [1.82, 2.24) is 20.1 Å². The number of aromatic nitrogens is 1. The number of carbonyl (C=O) groups excluding carboxylic acids is 1. The standard InChI is InChI=1S/C25H28N4O.C11H16BrN.C9H12BrN/c1-25(2,29(3)4)20-8-5-16(6-9-20)19-14-22(23(26)28-15-19)17-7-10-21-18(13-17)11-12-27-24(21)30;1-11(2,13(3)4)9-5-7-10(12)8-6-9;1-9(2,11)7-3-5-8(10)6-4-7/h5-10,13-15H,11-12H2,1-4H3,(H2,26,28)(H,27,30);5-8H,1-4H3;3-6H,11H2,1-2H3. The number of fused-ring (bicyclic) bond motifs is 1. The minimum absolute atomic E-state index is 0.0108. The van der Waals surface area contributed by atoms with Crippen molar-refractivity contribution in [2.24, 2.45) is 5.73 Å². The summed E-state index contributed by atoms with van der Waals surface area (Å²) in [4.78, 5) is 20.9. The fourth-order valence-electron chi connectivity index (χ4n) is 5.78. The zero-order valence-electron chi connectivity index (χ0n) is 33.4. The van der Waals surface area contributed by atoms with Gasteiger partial charge in [-0.3, -0.25) is 4.79 Å². The molecule has 286 valence electrons. The van der Waals surface area contributed by atoms with Gasteiger partial charge in [0, 0.05) is 55.0 Å². The fraction of sp³-hybridized carbons (Fsp3) is 0.333. The van der Waals surface area contributed by atoms with Gasteiger partial charge in [0.1, 0.15) is 5.82 Å². The molecule has 1 amide bonds. The lowest BCUT2D eigenvalue weighted by Crippen LogP contribution is -2.35. The average molecular weight is 857 g/mol. The van der Waals surface area contributed by atoms with Crippen LogP contribution in [0.2, 0.25) is 0 Å². The lowest BCUT2D eigenvalue weighted by atomic mass is 9.91. The largest absolute Gasteiger partial charge is 0.383 e. The van der Waals surface area contributed by atoms with Crippen molar-refractivity contribution < 1.29 is 4.79 Å². The molecule has 7 nitrogen and oxygen atoms in total. The molecular formula is C45H56Br2N6O. The normalized spacial score (nSPS) is 13.0. The topological polar surface area (TPSA) is 101 Å². The molecule has 54 heavy (non-hydrogen) atoms. The summed E-state index contributed by atoms with van der Waals surface area (Å²) in [5, 5.41) is 2.88. The van der Waals surface area contributed by atoms with E-state index in [1.807, 2.05) is 56.4 Å². The lowest BCUT2D eigenvalue weighted by Gasteiger charge is -2.33. The number of halogens is 2. The summed E-state index contributed by atoms with van der Waals surface area (Å²) in [5.74, 6) is 0.479. The Bertz CT molecular complexity index is 2010. The fourth-order valence-corrected chi connectivity index (χ4v) is 6.31. The molecule has 5 N–H and O–H groups in total. The van der Waals surface area contributed by atoms with E-state index in [4.69, 9.17) is 11.5 Å². The van der Waals surface area contributed by atoms with E-state index in [-0.39, 0.29) is 22.5 Å². The third-order valence-corrected chi connectivity index (χ3v) is 11.6. The van der Waals surface area contributed by atoms with Crippen molar-refractivity contribution in [1.29, 1.82) is 0 Å². The maximum atomic E-state index is 12.0. The molecule has 1 aromatic heterocycles. The third-order valence-electron chi connectivity index (χ3n) is 10.6. The highest BCUT2D eigenvalue weighted by molar-refractivity contribution is 9.10. The van der Waals surface area contributed by atoms with E-state index in [0.717, 1.165) is 54.3 Å². The molecule has 4 aromatic carbocycles. The van der Waals surface area contributed by atoms with Gasteiger partial charge in [0.05, 0.1) is 0 Å². The van der Waals surface area contributed by atoms with Gasteiger partial charge < -0.3 is 26.6 Å². The van der Waals surface area contributed by atoms with Gasteiger partial charge in [-0.15, -0.1) is 0 Å². The molecule has 9 heteroatoms. The molecule has 5 aromatic rings. The van der Waals surface area contributed by atoms with E-state index >= 15 is 0 Å². The van der Waals surface area contributed by atoms with Crippen LogP contribution in [0.25, 0.3) is 22.3 Å². The molecule has 1 aliphatic heterocycles. The SMILES string of the molecule is CC(C)(N)c1ccc(Br)cc1.CN(C)C(C)(C)c1ccc(-c2cnc(N)c(-c3ccc4c(c3)CCNC4=O)c2)cc1.CN(C)C(C)(C)c1ccc(Br)cc1. The third kappa shape index (κ3) is 10.7. The summed E-state index contributed by atoms with van der Waals surface area (Å²) in [6.45, 7) is 13.5. The van der Waals surface area contributed by atoms with Crippen molar-refractivity contribution in [3.05, 3.63) is 140 Å². The van der Waals surface area contributed by atoms with Crippen LogP contribution in [0, 0.1) is 0 Å². The Labute approximate surface area is 339 Å². The number of rotatable bonds is 7. The predicted molar refractivity (Wildman–Crippen MR) is 234 cm³/mol. The first-order valence-electron chi connectivity index (χ1n) is 18.2. The van der Waals surface area contributed by atoms with Crippen molar-refractivity contribution in [2.45, 2.75) is 64.6 Å². The Balaban J connectivity index is 0.000000222. The quantitative estimate of drug-likeness (QED) is 0.151. The van der Waals surface area contributed by atoms with Crippen molar-refractivity contribution in [3.63, 3.8) is 0 Å². The van der Waals surface area contributed by atoms with E-state index in [1.54, 1.807) is 0 Å². The number of hydrogen-bond donors (Lipinski definition) is 3. The summed E-state index contributed by atoms with van der Waals surface area (Å²) >= 11 is 6.81. The van der Waals surface area contributed by atoms with Gasteiger partial charge in [-0.25, -0.2) is 4.98 Å². The van der Waals surface area contributed by atoms with Crippen LogP contribution in [0.15, 0.2) is 112 Å². The first-order chi connectivity index (χ1) is 25.2. The molecule has 0 atom stereocenters. The molecule has 0 spiro atoms. The van der Waals surface area contributed by atoms with Crippen LogP contribution >= 0.6 is 31.9 Å². The molecule has 1 aliphatic rings. The van der Waals surface area contributed by atoms with Crippen LogP contribution in [0.1, 0.15) is 74.2 Å². The number of amides is 1. The van der Waals surface area contributed by atoms with Crippen LogP contribution in [0.5, 0.6) is 0 Å². The Morgan fingerprint density at radius 2 is 1.09 bits per heavy atom. The number of nitrogens with one attached hydrogen (secondary N) is 1. The van der Waals surface area contributed by atoms with Gasteiger partial charge in [0.25, 0.3) is 5.91 Å². The zero-order valence-corrected chi connectivity index (χ0v) is 36.6. The van der Waals surface area contributed by atoms with Crippen molar-refractivity contribution in [2.75, 3.05) is 40.5 Å². The van der Waals surface area contributed by atoms with E-state index in [1.165, 1.54) is 11.1 Å². The molecule has 0 saturated carbocycles. The highest BCUT2D eigenvalue weighted by Crippen LogP contribution is 2.33. The summed E-state index contributed by atoms with van der Waals surface area (Å²) < 4.78 is 2.22. The van der Waals surface area contributed by atoms with Gasteiger partial charge in [-0.2, -0.15) is 0 Å². The second kappa shape index (κ2) is 17.7. The molecule has 0 fully saturated rings. The smallest absolute Gasteiger partial charge is 0.251 e. The minimum atomic E-state index is -0.235. The van der Waals surface area contributed by atoms with E-state index in [2.05, 4.69) is 169 Å². The Kier molecular flexibility index (Phi) is 14.1. The monoisotopic (exact) mass is 854 g/mol. The highest BCUT2D eigenvalue weighted by Gasteiger charge is 2.24. The number of nitrogens with zero attached hydrogens (tertiary/aromatic N) is 3. The summed E-state index contributed by atoms with van der Waals surface area (Å²) in [7, 11) is 8.38. The second-order valence-electron chi connectivity index (χ2n) is 15.8. The summed E-state index contributed by atoms with van der Waals surface area (Å²) in [6.07, 6.45) is 2.64. The number of benzene rings is 4. The van der Waals surface area contributed by atoms with Gasteiger partial charge in [0.2, 0.25) is 0 Å². The van der Waals surface area contributed by atoms with Crippen LogP contribution in [0.4, 0.5) is 5.82 Å². The van der Waals surface area contributed by atoms with Crippen molar-refractivity contribution >= 4 is 43.6 Å². The first kappa shape index (κ1) is 42.9. The number of nitrogens with two attached hydrogens (primary N) is 2. The van der Waals surface area contributed by atoms with Crippen LogP contribution in [0.3, 0.4) is 0 Å². The molecule has 0 unspecified atom stereocenters. The Morgan fingerprint density at radius 1 is 0.630 bits per heavy atom. The van der Waals surface area contributed by atoms with Gasteiger partial charge in [-0.1, -0.05) is 92.5 Å². The summed E-state index contributed by atoms with van der Waals surface area (Å²) in [5.41, 5.74) is 21.5. The van der Waals surface area contributed by atoms with Crippen LogP contribution < -0.4 is 16.8 Å². The zero-order chi connectivity index (χ0) is 40.0. The molecule has 0 aliphatic carbocycles. The number of carbonyl (C=O) groups is 1. The Hall–Kier alpha value is -3.86. The molecule has 2 heterocycles. The first-order valence-corrected chi connectivity index (χ1v) is 19.7. The molecular weight excluding hydrogens is 800 g/mol. The lowest BCUT2D eigenvalue weighted by molar-refractivity contribution is 0.0946. The maximum absolute atomic E-state index is 12.0. The highest BCUT2D eigenvalue weighted by atomic mass is 79.9. The number of pyridine rings is 1. The molecule has 0 bridgehead atoms. The molecule has 0 radical (unpaired) electrons. The minimum Gasteiger partial charge on any atom is -0.383 e. The van der Waals surface area contributed by atoms with E-state index in [9.17, 15) is 4.79 Å². The summed E-state index contributed by atoms with van der Waals surface area (Å²) in [6, 6.07) is 33.1. The van der Waals surface area contributed by atoms with Crippen LogP contribution in [-0.4, -0.2) is 55.4 Å². The molecule has 0 saturated heterocycles. The maximum Gasteiger partial charge on any atom is 0.251 e.